The number of aryl methyl sites for hydroxylation is 2. The number of nitrogens with one attached hydrogen (secondary N) is 2. The number of likely N-dealkylation sites (N-methyl/N-ethyl adjacent to an activating group) is 1. The number of fused-ring (bicyclic) bond motifs is 1. The molecule has 0 saturated carbocycles. The smallest absolute Gasteiger partial charge is 0.253 e. The van der Waals surface area contributed by atoms with Crippen molar-refractivity contribution in [2.24, 2.45) is 0 Å². The largest absolute Gasteiger partial charge is 0.497 e. The van der Waals surface area contributed by atoms with Crippen LogP contribution in [0.4, 0.5) is 5.69 Å². The first kappa shape index (κ1) is 24.7. The maximum absolute atomic E-state index is 12.9. The molecule has 176 valence electrons. The first-order valence-corrected chi connectivity index (χ1v) is 11.8. The zero-order valence-corrected chi connectivity index (χ0v) is 21.0. The number of pyridine rings is 1. The number of aromatic nitrogens is 1. The van der Waals surface area contributed by atoms with E-state index in [0.29, 0.717) is 23.8 Å². The number of H-pyrrole nitrogens is 1. The van der Waals surface area contributed by atoms with E-state index in [1.165, 1.54) is 5.56 Å². The van der Waals surface area contributed by atoms with Crippen LogP contribution in [0, 0.1) is 13.8 Å². The summed E-state index contributed by atoms with van der Waals surface area (Å²) >= 11 is 5.78. The minimum Gasteiger partial charge on any atom is -0.497 e. The highest BCUT2D eigenvalue weighted by Crippen LogP contribution is 2.19. The second-order valence-corrected chi connectivity index (χ2v) is 8.66. The van der Waals surface area contributed by atoms with Gasteiger partial charge < -0.3 is 24.8 Å². The van der Waals surface area contributed by atoms with Gasteiger partial charge in [-0.2, -0.15) is 0 Å². The maximum atomic E-state index is 12.9. The van der Waals surface area contributed by atoms with Gasteiger partial charge in [0.1, 0.15) is 5.75 Å². The maximum Gasteiger partial charge on any atom is 0.253 e. The average Bonchev–Trinajstić information content (AvgIpc) is 2.80. The lowest BCUT2D eigenvalue weighted by Gasteiger charge is -2.29. The minimum atomic E-state index is -0.0745. The van der Waals surface area contributed by atoms with Crippen LogP contribution in [0.2, 0.25) is 0 Å². The van der Waals surface area contributed by atoms with Crippen molar-refractivity contribution in [1.82, 2.24) is 14.8 Å². The summed E-state index contributed by atoms with van der Waals surface area (Å²) in [5.41, 5.74) is 4.65. The van der Waals surface area contributed by atoms with Crippen molar-refractivity contribution in [3.05, 3.63) is 69.5 Å². The van der Waals surface area contributed by atoms with Gasteiger partial charge in [-0.1, -0.05) is 25.5 Å². The predicted octanol–water partition coefficient (Wildman–Crippen LogP) is 4.69. The van der Waals surface area contributed by atoms with E-state index in [4.69, 9.17) is 17.0 Å². The lowest BCUT2D eigenvalue weighted by atomic mass is 10.1. The molecule has 2 aromatic carbocycles. The van der Waals surface area contributed by atoms with E-state index in [-0.39, 0.29) is 5.56 Å². The van der Waals surface area contributed by atoms with Gasteiger partial charge in [0.2, 0.25) is 0 Å². The van der Waals surface area contributed by atoms with Crippen LogP contribution in [0.25, 0.3) is 10.9 Å². The molecule has 3 aromatic rings. The molecule has 33 heavy (non-hydrogen) atoms. The van der Waals surface area contributed by atoms with Crippen LogP contribution in [0.15, 0.2) is 47.3 Å². The molecule has 0 saturated heterocycles. The Hall–Kier alpha value is -2.90. The molecule has 0 unspecified atom stereocenters. The number of thiocarbonyl (C=S) groups is 1. The molecule has 1 heterocycles. The van der Waals surface area contributed by atoms with E-state index in [1.54, 1.807) is 7.11 Å². The van der Waals surface area contributed by atoms with Gasteiger partial charge in [-0.15, -0.1) is 0 Å². The Labute approximate surface area is 201 Å². The zero-order valence-electron chi connectivity index (χ0n) is 20.2. The van der Waals surface area contributed by atoms with Crippen LogP contribution in [-0.4, -0.2) is 53.2 Å². The lowest BCUT2D eigenvalue weighted by Crippen LogP contribution is -2.41. The number of hydrogen-bond acceptors (Lipinski definition) is 4. The molecule has 0 amide bonds. The summed E-state index contributed by atoms with van der Waals surface area (Å²) in [7, 11) is 1.64. The van der Waals surface area contributed by atoms with E-state index < -0.39 is 0 Å². The Kier molecular flexibility index (Phi) is 8.47. The Bertz CT molecular complexity index is 1150. The standard InChI is InChI=1S/C26H34N4O2S/c1-6-29(7-2)12-13-30(26(33)27-22-8-10-23(32-5)11-9-22)17-21-16-20-15-18(3)14-19(4)24(20)28-25(21)31/h8-11,14-16H,6-7,12-13,17H2,1-5H3,(H,27,33)(H,28,31). The van der Waals surface area contributed by atoms with Gasteiger partial charge >= 0.3 is 0 Å². The zero-order chi connectivity index (χ0) is 24.0. The van der Waals surface area contributed by atoms with Gasteiger partial charge in [-0.05, 0) is 86.5 Å². The third kappa shape index (κ3) is 6.33. The highest BCUT2D eigenvalue weighted by molar-refractivity contribution is 7.80. The quantitative estimate of drug-likeness (QED) is 0.446. The van der Waals surface area contributed by atoms with Crippen molar-refractivity contribution in [1.29, 1.82) is 0 Å². The summed E-state index contributed by atoms with van der Waals surface area (Å²) in [5.74, 6) is 0.790. The van der Waals surface area contributed by atoms with E-state index in [2.05, 4.69) is 53.0 Å². The fraction of sp³-hybridized carbons (Fsp3) is 0.385. The Balaban J connectivity index is 1.87. The number of aromatic amines is 1. The number of hydrogen-bond donors (Lipinski definition) is 2. The van der Waals surface area contributed by atoms with Crippen molar-refractivity contribution in [2.75, 3.05) is 38.6 Å². The van der Waals surface area contributed by atoms with Gasteiger partial charge in [0.15, 0.2) is 5.11 Å². The molecule has 3 rings (SSSR count). The summed E-state index contributed by atoms with van der Waals surface area (Å²) < 4.78 is 5.24. The predicted molar refractivity (Wildman–Crippen MR) is 141 cm³/mol. The summed E-state index contributed by atoms with van der Waals surface area (Å²) in [4.78, 5) is 20.4. The van der Waals surface area contributed by atoms with Gasteiger partial charge in [0, 0.05) is 24.3 Å². The van der Waals surface area contributed by atoms with E-state index in [0.717, 1.165) is 47.5 Å². The van der Waals surface area contributed by atoms with Crippen LogP contribution in [0.3, 0.4) is 0 Å². The lowest BCUT2D eigenvalue weighted by molar-refractivity contribution is 0.266. The third-order valence-corrected chi connectivity index (χ3v) is 6.30. The molecule has 0 radical (unpaired) electrons. The molecular weight excluding hydrogens is 432 g/mol. The Morgan fingerprint density at radius 2 is 1.76 bits per heavy atom. The summed E-state index contributed by atoms with van der Waals surface area (Å²) in [6, 6.07) is 13.8. The number of nitrogens with zero attached hydrogens (tertiary/aromatic N) is 2. The number of benzene rings is 2. The first-order chi connectivity index (χ1) is 15.8. The topological polar surface area (TPSA) is 60.6 Å². The van der Waals surface area contributed by atoms with Gasteiger partial charge in [0.05, 0.1) is 19.2 Å². The second-order valence-electron chi connectivity index (χ2n) is 8.28. The normalized spacial score (nSPS) is 11.1. The number of ether oxygens (including phenoxy) is 1. The van der Waals surface area contributed by atoms with Crippen molar-refractivity contribution in [2.45, 2.75) is 34.2 Å². The van der Waals surface area contributed by atoms with Gasteiger partial charge in [-0.3, -0.25) is 4.79 Å². The van der Waals surface area contributed by atoms with E-state index >= 15 is 0 Å². The number of anilines is 1. The van der Waals surface area contributed by atoms with Gasteiger partial charge in [-0.25, -0.2) is 0 Å². The molecule has 0 atom stereocenters. The van der Waals surface area contributed by atoms with E-state index in [9.17, 15) is 4.79 Å². The summed E-state index contributed by atoms with van der Waals surface area (Å²) in [5, 5.41) is 4.95. The molecule has 0 fully saturated rings. The molecule has 0 aliphatic rings. The number of rotatable bonds is 9. The van der Waals surface area contributed by atoms with Crippen LogP contribution in [-0.2, 0) is 6.54 Å². The van der Waals surface area contributed by atoms with Crippen LogP contribution in [0.1, 0.15) is 30.5 Å². The highest BCUT2D eigenvalue weighted by atomic mass is 32.1. The summed E-state index contributed by atoms with van der Waals surface area (Å²) in [6.07, 6.45) is 0. The van der Waals surface area contributed by atoms with Crippen molar-refractivity contribution in [3.63, 3.8) is 0 Å². The molecule has 0 spiro atoms. The fourth-order valence-corrected chi connectivity index (χ4v) is 4.26. The molecule has 0 aliphatic carbocycles. The number of methoxy groups -OCH3 is 1. The molecule has 2 N–H and O–H groups in total. The molecule has 1 aromatic heterocycles. The van der Waals surface area contributed by atoms with Crippen LogP contribution < -0.4 is 15.6 Å². The summed E-state index contributed by atoms with van der Waals surface area (Å²) in [6.45, 7) is 12.4. The molecule has 0 aliphatic heterocycles. The third-order valence-electron chi connectivity index (χ3n) is 5.94. The van der Waals surface area contributed by atoms with E-state index in [1.807, 2.05) is 37.3 Å². The van der Waals surface area contributed by atoms with Crippen LogP contribution in [0.5, 0.6) is 5.75 Å². The molecule has 7 heteroatoms. The van der Waals surface area contributed by atoms with Crippen molar-refractivity contribution in [3.8, 4) is 5.75 Å². The van der Waals surface area contributed by atoms with Gasteiger partial charge in [0.25, 0.3) is 5.56 Å². The minimum absolute atomic E-state index is 0.0745. The molecule has 6 nitrogen and oxygen atoms in total. The van der Waals surface area contributed by atoms with Crippen molar-refractivity contribution < 1.29 is 4.74 Å². The Morgan fingerprint density at radius 3 is 2.39 bits per heavy atom. The fourth-order valence-electron chi connectivity index (χ4n) is 3.99. The molecular formula is C26H34N4O2S. The van der Waals surface area contributed by atoms with Crippen molar-refractivity contribution >= 4 is 33.9 Å². The Morgan fingerprint density at radius 1 is 1.06 bits per heavy atom. The highest BCUT2D eigenvalue weighted by Gasteiger charge is 2.15. The monoisotopic (exact) mass is 466 g/mol. The molecule has 0 bridgehead atoms. The second kappa shape index (κ2) is 11.3. The van der Waals surface area contributed by atoms with Crippen LogP contribution >= 0.6 is 12.2 Å². The first-order valence-electron chi connectivity index (χ1n) is 11.4. The SMILES string of the molecule is CCN(CC)CCN(Cc1cc2cc(C)cc(C)c2[nH]c1=O)C(=S)Nc1ccc(OC)cc1. The average molecular weight is 467 g/mol.